The molecule has 1 aliphatic rings. The second-order valence-corrected chi connectivity index (χ2v) is 7.72. The summed E-state index contributed by atoms with van der Waals surface area (Å²) in [5.74, 6) is 1.68. The average Bonchev–Trinajstić information content (AvgIpc) is 2.78. The van der Waals surface area contributed by atoms with Crippen molar-refractivity contribution < 1.29 is 9.47 Å². The van der Waals surface area contributed by atoms with Crippen LogP contribution in [0.2, 0.25) is 5.02 Å². The van der Waals surface area contributed by atoms with Gasteiger partial charge in [-0.25, -0.2) is 0 Å². The second-order valence-electron chi connectivity index (χ2n) is 7.32. The third-order valence-corrected chi connectivity index (χ3v) is 5.98. The van der Waals surface area contributed by atoms with Crippen LogP contribution in [0.3, 0.4) is 0 Å². The molecule has 1 aliphatic heterocycles. The van der Waals surface area contributed by atoms with Gasteiger partial charge in [0, 0.05) is 43.8 Å². The van der Waals surface area contributed by atoms with Gasteiger partial charge in [-0.1, -0.05) is 41.9 Å². The van der Waals surface area contributed by atoms with Crippen molar-refractivity contribution in [2.45, 2.75) is 24.7 Å². The van der Waals surface area contributed by atoms with Crippen LogP contribution in [0.25, 0.3) is 0 Å². The van der Waals surface area contributed by atoms with E-state index in [0.29, 0.717) is 0 Å². The number of nitrogens with one attached hydrogen (secondary N) is 2. The maximum Gasteiger partial charge on any atom is 0.191 e. The van der Waals surface area contributed by atoms with Crippen molar-refractivity contribution >= 4 is 17.6 Å². The number of guanidine groups is 1. The lowest BCUT2D eigenvalue weighted by molar-refractivity contribution is 0.0513. The fourth-order valence-corrected chi connectivity index (χ4v) is 3.99. The Bertz CT molecular complexity index is 802. The van der Waals surface area contributed by atoms with E-state index < -0.39 is 0 Å². The van der Waals surface area contributed by atoms with E-state index in [9.17, 15) is 0 Å². The molecule has 0 saturated carbocycles. The molecule has 0 spiro atoms. The standard InChI is InChI=1S/C23H30ClN3O2/c1-25-22(26-14-11-18-5-3-4-6-21(18)24)27-17-23(12-15-29-16-13-23)19-7-9-20(28-2)10-8-19/h3-10H,11-17H2,1-2H3,(H2,25,26,27). The van der Waals surface area contributed by atoms with Crippen LogP contribution >= 0.6 is 11.6 Å². The summed E-state index contributed by atoms with van der Waals surface area (Å²) in [7, 11) is 3.49. The number of nitrogens with zero attached hydrogens (tertiary/aromatic N) is 1. The Morgan fingerprint density at radius 2 is 1.83 bits per heavy atom. The molecule has 2 aromatic rings. The van der Waals surface area contributed by atoms with Crippen molar-refractivity contribution in [3.63, 3.8) is 0 Å². The Kier molecular flexibility index (Phi) is 7.78. The monoisotopic (exact) mass is 415 g/mol. The molecule has 29 heavy (non-hydrogen) atoms. The first-order chi connectivity index (χ1) is 14.2. The first-order valence-corrected chi connectivity index (χ1v) is 10.4. The predicted molar refractivity (Wildman–Crippen MR) is 119 cm³/mol. The molecule has 1 heterocycles. The van der Waals surface area contributed by atoms with Crippen LogP contribution < -0.4 is 15.4 Å². The summed E-state index contributed by atoms with van der Waals surface area (Å²) < 4.78 is 11.0. The highest BCUT2D eigenvalue weighted by Crippen LogP contribution is 2.35. The zero-order valence-electron chi connectivity index (χ0n) is 17.2. The first-order valence-electron chi connectivity index (χ1n) is 10.1. The topological polar surface area (TPSA) is 54.9 Å². The van der Waals surface area contributed by atoms with Crippen LogP contribution in [0.15, 0.2) is 53.5 Å². The van der Waals surface area contributed by atoms with E-state index in [0.717, 1.165) is 67.9 Å². The molecule has 2 N–H and O–H groups in total. The molecule has 0 unspecified atom stereocenters. The van der Waals surface area contributed by atoms with Gasteiger partial charge >= 0.3 is 0 Å². The van der Waals surface area contributed by atoms with E-state index >= 15 is 0 Å². The number of methoxy groups -OCH3 is 1. The fraction of sp³-hybridized carbons (Fsp3) is 0.435. The largest absolute Gasteiger partial charge is 0.497 e. The minimum absolute atomic E-state index is 0.0187. The zero-order chi connectivity index (χ0) is 20.5. The molecule has 1 fully saturated rings. The van der Waals surface area contributed by atoms with Crippen LogP contribution in [-0.2, 0) is 16.6 Å². The Hall–Kier alpha value is -2.24. The summed E-state index contributed by atoms with van der Waals surface area (Å²) in [5.41, 5.74) is 2.46. The third-order valence-electron chi connectivity index (χ3n) is 5.61. The summed E-state index contributed by atoms with van der Waals surface area (Å²) in [5, 5.41) is 7.73. The van der Waals surface area contributed by atoms with E-state index in [4.69, 9.17) is 21.1 Å². The van der Waals surface area contributed by atoms with Gasteiger partial charge in [0.15, 0.2) is 5.96 Å². The molecular weight excluding hydrogens is 386 g/mol. The number of rotatable bonds is 7. The Balaban J connectivity index is 1.60. The van der Waals surface area contributed by atoms with Gasteiger partial charge in [-0.2, -0.15) is 0 Å². The van der Waals surface area contributed by atoms with Crippen molar-refractivity contribution in [1.82, 2.24) is 10.6 Å². The summed E-state index contributed by atoms with van der Waals surface area (Å²) in [6.45, 7) is 3.11. The summed E-state index contributed by atoms with van der Waals surface area (Å²) in [6, 6.07) is 16.3. The minimum atomic E-state index is 0.0187. The molecule has 0 atom stereocenters. The Morgan fingerprint density at radius 3 is 2.48 bits per heavy atom. The molecular formula is C23H30ClN3O2. The summed E-state index contributed by atoms with van der Waals surface area (Å²) in [6.07, 6.45) is 2.80. The number of ether oxygens (including phenoxy) is 2. The van der Waals surface area contributed by atoms with Crippen molar-refractivity contribution in [2.24, 2.45) is 4.99 Å². The molecule has 0 amide bonds. The summed E-state index contributed by atoms with van der Waals surface area (Å²) in [4.78, 5) is 4.39. The Morgan fingerprint density at radius 1 is 1.10 bits per heavy atom. The van der Waals surface area contributed by atoms with Crippen molar-refractivity contribution in [3.8, 4) is 5.75 Å². The van der Waals surface area contributed by atoms with Crippen LogP contribution in [0.5, 0.6) is 5.75 Å². The molecule has 6 heteroatoms. The lowest BCUT2D eigenvalue weighted by Crippen LogP contribution is -2.48. The van der Waals surface area contributed by atoms with Gasteiger partial charge in [-0.15, -0.1) is 0 Å². The highest BCUT2D eigenvalue weighted by Gasteiger charge is 2.34. The van der Waals surface area contributed by atoms with Crippen molar-refractivity contribution in [1.29, 1.82) is 0 Å². The maximum atomic E-state index is 6.25. The lowest BCUT2D eigenvalue weighted by atomic mass is 9.74. The zero-order valence-corrected chi connectivity index (χ0v) is 18.0. The van der Waals surface area contributed by atoms with Gasteiger partial charge in [0.2, 0.25) is 0 Å². The molecule has 0 radical (unpaired) electrons. The molecule has 0 aromatic heterocycles. The van der Waals surface area contributed by atoms with Gasteiger partial charge in [-0.3, -0.25) is 4.99 Å². The summed E-state index contributed by atoms with van der Waals surface area (Å²) >= 11 is 6.25. The molecule has 0 bridgehead atoms. The van der Waals surface area contributed by atoms with E-state index in [2.05, 4.69) is 33.8 Å². The smallest absolute Gasteiger partial charge is 0.191 e. The van der Waals surface area contributed by atoms with E-state index in [-0.39, 0.29) is 5.41 Å². The fourth-order valence-electron chi connectivity index (χ4n) is 3.76. The highest BCUT2D eigenvalue weighted by molar-refractivity contribution is 6.31. The number of hydrogen-bond acceptors (Lipinski definition) is 3. The minimum Gasteiger partial charge on any atom is -0.497 e. The number of halogens is 1. The molecule has 0 aliphatic carbocycles. The SMILES string of the molecule is CN=C(NCCc1ccccc1Cl)NCC1(c2ccc(OC)cc2)CCOCC1. The third kappa shape index (κ3) is 5.64. The molecule has 3 rings (SSSR count). The molecule has 5 nitrogen and oxygen atoms in total. The first kappa shape index (κ1) is 21.5. The lowest BCUT2D eigenvalue weighted by Gasteiger charge is -2.38. The van der Waals surface area contributed by atoms with Gasteiger partial charge in [0.05, 0.1) is 7.11 Å². The highest BCUT2D eigenvalue weighted by atomic mass is 35.5. The average molecular weight is 416 g/mol. The van der Waals surface area contributed by atoms with Crippen molar-refractivity contribution in [3.05, 3.63) is 64.7 Å². The van der Waals surface area contributed by atoms with E-state index in [1.165, 1.54) is 5.56 Å². The number of aliphatic imine (C=N–C) groups is 1. The quantitative estimate of drug-likeness (QED) is 0.533. The molecule has 156 valence electrons. The van der Waals surface area contributed by atoms with Gasteiger partial charge < -0.3 is 20.1 Å². The van der Waals surface area contributed by atoms with Crippen LogP contribution in [0.4, 0.5) is 0 Å². The number of hydrogen-bond donors (Lipinski definition) is 2. The number of benzene rings is 2. The van der Waals surface area contributed by atoms with Crippen LogP contribution in [0, 0.1) is 0 Å². The maximum absolute atomic E-state index is 6.25. The van der Waals surface area contributed by atoms with E-state index in [1.54, 1.807) is 14.2 Å². The van der Waals surface area contributed by atoms with Gasteiger partial charge in [0.25, 0.3) is 0 Å². The van der Waals surface area contributed by atoms with E-state index in [1.807, 2.05) is 30.3 Å². The second kappa shape index (κ2) is 10.5. The normalized spacial score (nSPS) is 16.3. The Labute approximate surface area is 178 Å². The van der Waals surface area contributed by atoms with Crippen molar-refractivity contribution in [2.75, 3.05) is 40.5 Å². The van der Waals surface area contributed by atoms with Crippen LogP contribution in [-0.4, -0.2) is 46.4 Å². The molecule has 1 saturated heterocycles. The van der Waals surface area contributed by atoms with Gasteiger partial charge in [-0.05, 0) is 48.6 Å². The van der Waals surface area contributed by atoms with Crippen LogP contribution in [0.1, 0.15) is 24.0 Å². The molecule has 2 aromatic carbocycles. The van der Waals surface area contributed by atoms with Gasteiger partial charge in [0.1, 0.15) is 5.75 Å². The predicted octanol–water partition coefficient (Wildman–Crippen LogP) is 3.80.